The second kappa shape index (κ2) is 10.0. The highest BCUT2D eigenvalue weighted by Crippen LogP contribution is 2.31. The zero-order chi connectivity index (χ0) is 22.4. The molecule has 1 saturated heterocycles. The summed E-state index contributed by atoms with van der Waals surface area (Å²) in [7, 11) is -0.630. The van der Waals surface area contributed by atoms with E-state index in [-0.39, 0.29) is 17.3 Å². The Kier molecular flexibility index (Phi) is 7.40. The Labute approximate surface area is 183 Å². The molecule has 2 aromatic rings. The summed E-state index contributed by atoms with van der Waals surface area (Å²) in [6.07, 6.45) is 1.23. The number of amides is 1. The molecule has 1 N–H and O–H groups in total. The summed E-state index contributed by atoms with van der Waals surface area (Å²) >= 11 is 0. The number of benzene rings is 2. The van der Waals surface area contributed by atoms with E-state index in [0.717, 1.165) is 0 Å². The van der Waals surface area contributed by atoms with E-state index >= 15 is 0 Å². The van der Waals surface area contributed by atoms with E-state index in [1.54, 1.807) is 30.3 Å². The van der Waals surface area contributed by atoms with Crippen LogP contribution in [0.2, 0.25) is 0 Å². The standard InChI is InChI=1S/C22H28N2O6S/c1-4-30-18-8-10-19(11-9-18)31(26,27)24-13-5-6-16(15-24)22(25)23-17-7-12-20(28-2)21(14-17)29-3/h7-12,14,16H,4-6,13,15H2,1-3H3,(H,23,25)/t16-/m0/s1. The highest BCUT2D eigenvalue weighted by atomic mass is 32.2. The number of nitrogens with one attached hydrogen (secondary N) is 1. The number of rotatable bonds is 8. The number of carbonyl (C=O) groups is 1. The first kappa shape index (κ1) is 22.9. The predicted molar refractivity (Wildman–Crippen MR) is 117 cm³/mol. The Morgan fingerprint density at radius 3 is 2.45 bits per heavy atom. The van der Waals surface area contributed by atoms with Gasteiger partial charge in [0.15, 0.2) is 11.5 Å². The van der Waals surface area contributed by atoms with Gasteiger partial charge in [0.05, 0.1) is 31.6 Å². The highest BCUT2D eigenvalue weighted by Gasteiger charge is 2.33. The minimum Gasteiger partial charge on any atom is -0.494 e. The molecular weight excluding hydrogens is 420 g/mol. The first-order valence-electron chi connectivity index (χ1n) is 10.1. The van der Waals surface area contributed by atoms with Crippen molar-refractivity contribution in [3.8, 4) is 17.2 Å². The molecule has 1 atom stereocenters. The van der Waals surface area contributed by atoms with Gasteiger partial charge in [0.2, 0.25) is 15.9 Å². The van der Waals surface area contributed by atoms with Gasteiger partial charge in [-0.15, -0.1) is 0 Å². The van der Waals surface area contributed by atoms with Crippen LogP contribution < -0.4 is 19.5 Å². The van der Waals surface area contributed by atoms with Crippen molar-refractivity contribution in [2.75, 3.05) is 39.2 Å². The van der Waals surface area contributed by atoms with E-state index < -0.39 is 15.9 Å². The summed E-state index contributed by atoms with van der Waals surface area (Å²) in [5, 5.41) is 2.86. The van der Waals surface area contributed by atoms with Crippen LogP contribution in [0.1, 0.15) is 19.8 Å². The van der Waals surface area contributed by atoms with Crippen molar-refractivity contribution in [2.24, 2.45) is 5.92 Å². The molecule has 0 saturated carbocycles. The lowest BCUT2D eigenvalue weighted by atomic mass is 9.98. The number of sulfonamides is 1. The first-order valence-corrected chi connectivity index (χ1v) is 11.6. The summed E-state index contributed by atoms with van der Waals surface area (Å²) in [6.45, 7) is 2.89. The Bertz CT molecular complexity index is 1010. The summed E-state index contributed by atoms with van der Waals surface area (Å²) in [6, 6.07) is 11.5. The van der Waals surface area contributed by atoms with Crippen LogP contribution in [0.5, 0.6) is 17.2 Å². The van der Waals surface area contributed by atoms with Crippen LogP contribution in [0.4, 0.5) is 5.69 Å². The van der Waals surface area contributed by atoms with Crippen molar-refractivity contribution in [2.45, 2.75) is 24.7 Å². The molecular formula is C22H28N2O6S. The Balaban J connectivity index is 1.70. The average Bonchev–Trinajstić information content (AvgIpc) is 2.79. The minimum absolute atomic E-state index is 0.134. The maximum atomic E-state index is 13.1. The third-order valence-corrected chi connectivity index (χ3v) is 7.06. The van der Waals surface area contributed by atoms with E-state index in [1.807, 2.05) is 6.92 Å². The lowest BCUT2D eigenvalue weighted by Gasteiger charge is -2.31. The molecule has 1 aliphatic rings. The van der Waals surface area contributed by atoms with Crippen LogP contribution in [0.15, 0.2) is 47.4 Å². The van der Waals surface area contributed by atoms with Gasteiger partial charge in [-0.1, -0.05) is 0 Å². The number of nitrogens with zero attached hydrogens (tertiary/aromatic N) is 1. The van der Waals surface area contributed by atoms with Crippen molar-refractivity contribution in [3.63, 3.8) is 0 Å². The predicted octanol–water partition coefficient (Wildman–Crippen LogP) is 3.14. The van der Waals surface area contributed by atoms with E-state index in [0.29, 0.717) is 48.9 Å². The smallest absolute Gasteiger partial charge is 0.243 e. The third kappa shape index (κ3) is 5.29. The zero-order valence-corrected chi connectivity index (χ0v) is 18.8. The summed E-state index contributed by atoms with van der Waals surface area (Å²) in [5.74, 6) is 1.01. The Hall–Kier alpha value is -2.78. The fourth-order valence-corrected chi connectivity index (χ4v) is 5.08. The molecule has 168 valence electrons. The molecule has 1 heterocycles. The molecule has 0 unspecified atom stereocenters. The monoisotopic (exact) mass is 448 g/mol. The molecule has 1 amide bonds. The summed E-state index contributed by atoms with van der Waals surface area (Å²) in [5.41, 5.74) is 0.564. The number of piperidine rings is 1. The van der Waals surface area contributed by atoms with Gasteiger partial charge in [0.1, 0.15) is 5.75 Å². The summed E-state index contributed by atoms with van der Waals surface area (Å²) in [4.78, 5) is 13.0. The molecule has 0 aliphatic carbocycles. The molecule has 0 spiro atoms. The van der Waals surface area contributed by atoms with Crippen molar-refractivity contribution in [1.82, 2.24) is 4.31 Å². The van der Waals surface area contributed by atoms with Gasteiger partial charge in [-0.05, 0) is 56.2 Å². The summed E-state index contributed by atoms with van der Waals surface area (Å²) < 4.78 is 43.4. The lowest BCUT2D eigenvalue weighted by molar-refractivity contribution is -0.120. The molecule has 31 heavy (non-hydrogen) atoms. The van der Waals surface area contributed by atoms with Crippen LogP contribution in [0, 0.1) is 5.92 Å². The molecule has 9 heteroatoms. The largest absolute Gasteiger partial charge is 0.494 e. The van der Waals surface area contributed by atoms with Gasteiger partial charge in [-0.2, -0.15) is 4.31 Å². The lowest BCUT2D eigenvalue weighted by Crippen LogP contribution is -2.43. The molecule has 3 rings (SSSR count). The molecule has 1 aliphatic heterocycles. The number of carbonyl (C=O) groups excluding carboxylic acids is 1. The van der Waals surface area contributed by atoms with E-state index in [4.69, 9.17) is 14.2 Å². The van der Waals surface area contributed by atoms with Crippen LogP contribution in [0.3, 0.4) is 0 Å². The van der Waals surface area contributed by atoms with Crippen molar-refractivity contribution in [3.05, 3.63) is 42.5 Å². The number of methoxy groups -OCH3 is 2. The maximum absolute atomic E-state index is 13.1. The van der Waals surface area contributed by atoms with Gasteiger partial charge in [0.25, 0.3) is 0 Å². The number of ether oxygens (including phenoxy) is 3. The first-order chi connectivity index (χ1) is 14.9. The van der Waals surface area contributed by atoms with Crippen LogP contribution in [0.25, 0.3) is 0 Å². The molecule has 0 bridgehead atoms. The minimum atomic E-state index is -3.69. The number of hydrogen-bond acceptors (Lipinski definition) is 6. The topological polar surface area (TPSA) is 94.2 Å². The van der Waals surface area contributed by atoms with Crippen LogP contribution in [-0.2, 0) is 14.8 Å². The zero-order valence-electron chi connectivity index (χ0n) is 18.0. The second-order valence-electron chi connectivity index (χ2n) is 7.17. The fraction of sp³-hybridized carbons (Fsp3) is 0.409. The van der Waals surface area contributed by atoms with Gasteiger partial charge in [-0.3, -0.25) is 4.79 Å². The number of hydrogen-bond donors (Lipinski definition) is 1. The van der Waals surface area contributed by atoms with Gasteiger partial charge in [-0.25, -0.2) is 8.42 Å². The SMILES string of the molecule is CCOc1ccc(S(=O)(=O)N2CCC[C@H](C(=O)Nc3ccc(OC)c(OC)c3)C2)cc1. The molecule has 0 aromatic heterocycles. The van der Waals surface area contributed by atoms with Crippen molar-refractivity contribution >= 4 is 21.6 Å². The fourth-order valence-electron chi connectivity index (χ4n) is 3.56. The second-order valence-corrected chi connectivity index (χ2v) is 9.10. The third-order valence-electron chi connectivity index (χ3n) is 5.18. The molecule has 1 fully saturated rings. The molecule has 8 nitrogen and oxygen atoms in total. The van der Waals surface area contributed by atoms with Crippen molar-refractivity contribution in [1.29, 1.82) is 0 Å². The highest BCUT2D eigenvalue weighted by molar-refractivity contribution is 7.89. The van der Waals surface area contributed by atoms with Gasteiger partial charge in [0, 0.05) is 24.8 Å². The maximum Gasteiger partial charge on any atom is 0.243 e. The Morgan fingerprint density at radius 1 is 1.10 bits per heavy atom. The van der Waals surface area contributed by atoms with E-state index in [9.17, 15) is 13.2 Å². The van der Waals surface area contributed by atoms with Gasteiger partial charge < -0.3 is 19.5 Å². The molecule has 2 aromatic carbocycles. The van der Waals surface area contributed by atoms with Crippen LogP contribution in [-0.4, -0.2) is 52.5 Å². The number of anilines is 1. The molecule has 0 radical (unpaired) electrons. The Morgan fingerprint density at radius 2 is 1.81 bits per heavy atom. The van der Waals surface area contributed by atoms with Crippen molar-refractivity contribution < 1.29 is 27.4 Å². The quantitative estimate of drug-likeness (QED) is 0.667. The normalized spacial score (nSPS) is 17.1. The van der Waals surface area contributed by atoms with E-state index in [1.165, 1.54) is 30.7 Å². The van der Waals surface area contributed by atoms with E-state index in [2.05, 4.69) is 5.32 Å². The van der Waals surface area contributed by atoms with Crippen LogP contribution >= 0.6 is 0 Å². The van der Waals surface area contributed by atoms with Gasteiger partial charge >= 0.3 is 0 Å². The average molecular weight is 449 g/mol.